The van der Waals surface area contributed by atoms with E-state index >= 15 is 0 Å². The summed E-state index contributed by atoms with van der Waals surface area (Å²) in [5.74, 6) is -3.87. The maximum Gasteiger partial charge on any atom is 0.408 e. The molecule has 1 aliphatic carbocycles. The van der Waals surface area contributed by atoms with Crippen molar-refractivity contribution in [3.8, 4) is 0 Å². The van der Waals surface area contributed by atoms with Crippen molar-refractivity contribution in [3.63, 3.8) is 0 Å². The molecule has 0 bridgehead atoms. The zero-order chi connectivity index (χ0) is 59.4. The Morgan fingerprint density at radius 1 is 0.620 bits per heavy atom. The fourth-order valence-corrected chi connectivity index (χ4v) is 8.39. The monoisotopic (exact) mass is 1110 g/mol. The van der Waals surface area contributed by atoms with Crippen molar-refractivity contribution in [1.29, 1.82) is 0 Å². The zero-order valence-corrected chi connectivity index (χ0v) is 49.0. The number of nitrogens with one attached hydrogen (secondary N) is 7. The molecule has 0 saturated carbocycles. The molecule has 1 aliphatic heterocycles. The van der Waals surface area contributed by atoms with Crippen LogP contribution in [0.5, 0.6) is 0 Å². The van der Waals surface area contributed by atoms with E-state index in [9.17, 15) is 43.2 Å². The van der Waals surface area contributed by atoms with Crippen LogP contribution in [-0.2, 0) is 54.1 Å². The number of likely N-dealkylation sites (tertiary alicyclic amines) is 1. The summed E-state index contributed by atoms with van der Waals surface area (Å²) in [6, 6.07) is 4.10. The minimum absolute atomic E-state index is 0.00876. The smallest absolute Gasteiger partial charge is 0.408 e. The van der Waals surface area contributed by atoms with E-state index in [0.717, 1.165) is 0 Å². The van der Waals surface area contributed by atoms with Crippen molar-refractivity contribution < 1.29 is 66.8 Å². The Morgan fingerprint density at radius 3 is 1.72 bits per heavy atom. The largest absolute Gasteiger partial charge is 0.462 e. The molecule has 22 heteroatoms. The number of unbranched alkanes of at least 4 members (excludes halogenated alkanes) is 1. The van der Waals surface area contributed by atoms with Gasteiger partial charge in [0.25, 0.3) is 0 Å². The first-order chi connectivity index (χ1) is 36.6. The summed E-state index contributed by atoms with van der Waals surface area (Å²) >= 11 is 0. The Labute approximate surface area is 466 Å². The summed E-state index contributed by atoms with van der Waals surface area (Å²) in [6.07, 6.45) is 6.04. The van der Waals surface area contributed by atoms with Crippen LogP contribution in [0.1, 0.15) is 147 Å². The molecule has 0 radical (unpaired) electrons. The number of rotatable bonds is 24. The van der Waals surface area contributed by atoms with Crippen molar-refractivity contribution in [3.05, 3.63) is 60.2 Å². The van der Waals surface area contributed by atoms with E-state index in [4.69, 9.17) is 23.7 Å². The zero-order valence-electron chi connectivity index (χ0n) is 49.0. The first-order valence-corrected chi connectivity index (χ1v) is 27.3. The summed E-state index contributed by atoms with van der Waals surface area (Å²) in [6.45, 7) is 23.3. The summed E-state index contributed by atoms with van der Waals surface area (Å²) < 4.78 is 27.2. The van der Waals surface area contributed by atoms with Gasteiger partial charge in [-0.3, -0.25) is 19.2 Å². The molecule has 0 spiro atoms. The molecule has 1 aromatic carbocycles. The molecule has 8 amide bonds. The average Bonchev–Trinajstić information content (AvgIpc) is 3.75. The van der Waals surface area contributed by atoms with Gasteiger partial charge in [0.15, 0.2) is 5.54 Å². The normalized spacial score (nSPS) is 17.9. The van der Waals surface area contributed by atoms with E-state index in [-0.39, 0.29) is 76.7 Å². The number of esters is 1. The van der Waals surface area contributed by atoms with Crippen LogP contribution in [-0.4, -0.2) is 144 Å². The van der Waals surface area contributed by atoms with Gasteiger partial charge >= 0.3 is 30.3 Å². The lowest BCUT2D eigenvalue weighted by Gasteiger charge is -2.31. The van der Waals surface area contributed by atoms with E-state index in [2.05, 4.69) is 37.2 Å². The second-order valence-electron chi connectivity index (χ2n) is 24.5. The number of hydrogen-bond donors (Lipinski definition) is 7. The second kappa shape index (κ2) is 29.9. The van der Waals surface area contributed by atoms with E-state index < -0.39 is 106 Å². The lowest BCUT2D eigenvalue weighted by molar-refractivity contribution is -0.151. The second-order valence-corrected chi connectivity index (χ2v) is 24.5. The summed E-state index contributed by atoms with van der Waals surface area (Å²) in [5, 5.41) is 19.1. The third-order valence-electron chi connectivity index (χ3n) is 11.8. The quantitative estimate of drug-likeness (QED) is 0.0335. The van der Waals surface area contributed by atoms with Crippen LogP contribution in [0.3, 0.4) is 0 Å². The van der Waals surface area contributed by atoms with E-state index in [1.165, 1.54) is 4.90 Å². The highest BCUT2D eigenvalue weighted by molar-refractivity contribution is 5.96. The highest BCUT2D eigenvalue weighted by Gasteiger charge is 2.50. The lowest BCUT2D eigenvalue weighted by Crippen LogP contribution is -2.60. The van der Waals surface area contributed by atoms with Crippen molar-refractivity contribution in [2.75, 3.05) is 32.8 Å². The fourth-order valence-electron chi connectivity index (χ4n) is 8.39. The fraction of sp³-hybridized carbons (Fsp3) is 0.667. The van der Waals surface area contributed by atoms with Crippen LogP contribution in [0.25, 0.3) is 0 Å². The molecule has 2 aliphatic rings. The van der Waals surface area contributed by atoms with Gasteiger partial charge in [-0.1, -0.05) is 68.5 Å². The van der Waals surface area contributed by atoms with Gasteiger partial charge in [0.1, 0.15) is 53.2 Å². The van der Waals surface area contributed by atoms with Gasteiger partial charge in [-0.05, 0) is 139 Å². The van der Waals surface area contributed by atoms with Gasteiger partial charge in [-0.2, -0.15) is 0 Å². The van der Waals surface area contributed by atoms with Crippen molar-refractivity contribution in [1.82, 2.24) is 42.1 Å². The number of alkyl carbamates (subject to hydrolysis) is 4. The first-order valence-electron chi connectivity index (χ1n) is 27.3. The Hall–Kier alpha value is -6.87. The predicted octanol–water partition coefficient (Wildman–Crippen LogP) is 6.40. The third-order valence-corrected chi connectivity index (χ3v) is 11.8. The number of carbonyl (C=O) groups is 9. The van der Waals surface area contributed by atoms with Crippen LogP contribution < -0.4 is 37.2 Å². The molecule has 7 N–H and O–H groups in total. The summed E-state index contributed by atoms with van der Waals surface area (Å²) in [7, 11) is 0. The number of allylic oxidation sites excluding steroid dienone is 4. The topological polar surface area (TPSA) is 287 Å². The first kappa shape index (κ1) is 66.4. The highest BCUT2D eigenvalue weighted by Crippen LogP contribution is 2.26. The minimum atomic E-state index is -1.81. The standard InChI is InChI=1S/C57H90N8O14/c1-37(2)33-41(61-45(67)42(34-38-23-17-15-18-24-38)62-46(68)43(35-39-25-19-16-20-26-39)63-51(73)78-55(9,10)11)44(66)60-40(27-21-22-29-58-49(71)76-53(3,4)5)47(69)65-31-28-57(36-65,64-52(74)79-56(12,13)14)48(70)75-32-30-59-50(72)77-54(6,7)8/h15-20,23-25,37,39-43H,21-22,26-36H2,1-14H3,(H,58,71)(H,59,72)(H,60,66)(H,61,67)(H,62,68)(H,63,73)(H,64,74)/t39?,40-,41-,42-,43-,57?/m1/s1. The Balaban J connectivity index is 1.96. The number of ether oxygens (including phenoxy) is 5. The lowest BCUT2D eigenvalue weighted by atomic mass is 9.92. The molecular formula is C57H90N8O14. The molecule has 3 rings (SSSR count). The number of hydrogen-bond acceptors (Lipinski definition) is 14. The molecule has 22 nitrogen and oxygen atoms in total. The van der Waals surface area contributed by atoms with Crippen molar-refractivity contribution in [2.24, 2.45) is 11.8 Å². The van der Waals surface area contributed by atoms with Gasteiger partial charge in [-0.25, -0.2) is 24.0 Å². The number of benzene rings is 1. The number of amides is 8. The molecule has 1 aromatic rings. The van der Waals surface area contributed by atoms with E-state index in [1.54, 1.807) is 107 Å². The Bertz CT molecular complexity index is 2300. The Morgan fingerprint density at radius 2 is 1.15 bits per heavy atom. The van der Waals surface area contributed by atoms with Crippen LogP contribution in [0, 0.1) is 11.8 Å². The van der Waals surface area contributed by atoms with Crippen LogP contribution in [0.4, 0.5) is 19.2 Å². The predicted molar refractivity (Wildman–Crippen MR) is 296 cm³/mol. The molecule has 2 unspecified atom stereocenters. The van der Waals surface area contributed by atoms with Gasteiger partial charge in [-0.15, -0.1) is 0 Å². The van der Waals surface area contributed by atoms with Gasteiger partial charge in [0.2, 0.25) is 23.6 Å². The molecule has 6 atom stereocenters. The molecule has 1 heterocycles. The van der Waals surface area contributed by atoms with Gasteiger partial charge in [0, 0.05) is 25.9 Å². The van der Waals surface area contributed by atoms with Crippen LogP contribution in [0.2, 0.25) is 0 Å². The number of carbonyl (C=O) groups excluding carboxylic acids is 9. The SMILES string of the molecule is CC(C)C[C@@H](NC(=O)[C@@H](Cc1ccccc1)NC(=O)[C@@H](CC1C=CC=CC1)NC(=O)OC(C)(C)C)C(=O)N[C@H](CCCCNC(=O)OC(C)(C)C)C(=O)N1CCC(NC(=O)OC(C)(C)C)(C(=O)OCCNC(=O)OC(C)(C)C)C1. The summed E-state index contributed by atoms with van der Waals surface area (Å²) in [4.78, 5) is 125. The molecule has 79 heavy (non-hydrogen) atoms. The summed E-state index contributed by atoms with van der Waals surface area (Å²) in [5.41, 5.74) is -4.45. The Kier molecular flexibility index (Phi) is 25.2. The highest BCUT2D eigenvalue weighted by atomic mass is 16.6. The minimum Gasteiger partial charge on any atom is -0.462 e. The average molecular weight is 1110 g/mol. The van der Waals surface area contributed by atoms with E-state index in [0.29, 0.717) is 24.8 Å². The van der Waals surface area contributed by atoms with Crippen LogP contribution >= 0.6 is 0 Å². The van der Waals surface area contributed by atoms with Crippen molar-refractivity contribution in [2.45, 2.75) is 200 Å². The van der Waals surface area contributed by atoms with Crippen LogP contribution in [0.15, 0.2) is 54.6 Å². The van der Waals surface area contributed by atoms with E-state index in [1.807, 2.05) is 44.2 Å². The third kappa shape index (κ3) is 26.1. The van der Waals surface area contributed by atoms with Crippen molar-refractivity contribution >= 4 is 54.0 Å². The number of nitrogens with zero attached hydrogens (tertiary/aromatic N) is 1. The molecule has 442 valence electrons. The maximum atomic E-state index is 14.8. The molecule has 0 aromatic heterocycles. The molecule has 1 fully saturated rings. The molecular weight excluding hydrogens is 1020 g/mol. The van der Waals surface area contributed by atoms with Gasteiger partial charge < -0.3 is 65.8 Å². The maximum absolute atomic E-state index is 14.8. The molecule has 1 saturated heterocycles. The van der Waals surface area contributed by atoms with Gasteiger partial charge in [0.05, 0.1) is 13.1 Å².